The van der Waals surface area contributed by atoms with Crippen molar-refractivity contribution in [2.24, 2.45) is 11.7 Å². The third-order valence-electron chi connectivity index (χ3n) is 1.75. The Morgan fingerprint density at radius 1 is 1.60 bits per heavy atom. The molecular formula is C8H11F3N2OS. The number of hydrogen-bond acceptors (Lipinski definition) is 4. The molecule has 0 aromatic carbocycles. The lowest BCUT2D eigenvalue weighted by molar-refractivity contribution is -0.165. The molecule has 1 aromatic heterocycles. The number of alkyl halides is 3. The molecule has 0 fully saturated rings. The van der Waals surface area contributed by atoms with E-state index in [4.69, 9.17) is 10.2 Å². The van der Waals surface area contributed by atoms with Crippen molar-refractivity contribution in [2.75, 3.05) is 12.3 Å². The molecule has 1 rings (SSSR count). The van der Waals surface area contributed by atoms with Gasteiger partial charge in [0, 0.05) is 12.3 Å². The molecule has 0 saturated heterocycles. The number of nitrogens with zero attached hydrogens (tertiary/aromatic N) is 1. The fraction of sp³-hybridized carbons (Fsp3) is 0.625. The van der Waals surface area contributed by atoms with Crippen LogP contribution in [0.3, 0.4) is 0 Å². The summed E-state index contributed by atoms with van der Waals surface area (Å²) in [5.41, 5.74) is 5.69. The van der Waals surface area contributed by atoms with Crippen LogP contribution in [0, 0.1) is 12.8 Å². The van der Waals surface area contributed by atoms with Gasteiger partial charge in [-0.2, -0.15) is 13.2 Å². The summed E-state index contributed by atoms with van der Waals surface area (Å²) in [6.07, 6.45) is -2.86. The summed E-state index contributed by atoms with van der Waals surface area (Å²) in [7, 11) is 0. The molecule has 1 unspecified atom stereocenters. The molecule has 0 aliphatic rings. The number of thioether (sulfide) groups is 1. The third-order valence-corrected chi connectivity index (χ3v) is 2.76. The van der Waals surface area contributed by atoms with E-state index in [9.17, 15) is 13.2 Å². The van der Waals surface area contributed by atoms with Crippen molar-refractivity contribution in [1.29, 1.82) is 0 Å². The SMILES string of the molecule is Cc1coc(SCC(CN)C(F)(F)F)n1. The van der Waals surface area contributed by atoms with E-state index < -0.39 is 18.6 Å². The van der Waals surface area contributed by atoms with Crippen molar-refractivity contribution in [3.05, 3.63) is 12.0 Å². The number of aromatic nitrogens is 1. The summed E-state index contributed by atoms with van der Waals surface area (Å²) in [6.45, 7) is 1.29. The first kappa shape index (κ1) is 12.4. The molecule has 0 aliphatic carbocycles. The van der Waals surface area contributed by atoms with Crippen molar-refractivity contribution in [3.8, 4) is 0 Å². The van der Waals surface area contributed by atoms with Crippen LogP contribution in [0.25, 0.3) is 0 Å². The highest BCUT2D eigenvalue weighted by atomic mass is 32.2. The lowest BCUT2D eigenvalue weighted by atomic mass is 10.2. The van der Waals surface area contributed by atoms with Gasteiger partial charge in [-0.3, -0.25) is 0 Å². The zero-order valence-corrected chi connectivity index (χ0v) is 8.86. The minimum absolute atomic E-state index is 0.167. The van der Waals surface area contributed by atoms with Gasteiger partial charge in [0.25, 0.3) is 5.22 Å². The van der Waals surface area contributed by atoms with Gasteiger partial charge in [0.15, 0.2) is 0 Å². The lowest BCUT2D eigenvalue weighted by Gasteiger charge is -2.16. The average molecular weight is 240 g/mol. The fourth-order valence-corrected chi connectivity index (χ4v) is 1.86. The molecular weight excluding hydrogens is 229 g/mol. The zero-order chi connectivity index (χ0) is 11.5. The Kier molecular flexibility index (Phi) is 4.04. The maximum Gasteiger partial charge on any atom is 0.393 e. The van der Waals surface area contributed by atoms with Crippen molar-refractivity contribution < 1.29 is 17.6 Å². The molecule has 7 heteroatoms. The molecule has 0 amide bonds. The number of hydrogen-bond donors (Lipinski definition) is 1. The number of nitrogens with two attached hydrogens (primary N) is 1. The van der Waals surface area contributed by atoms with Gasteiger partial charge in [0.2, 0.25) is 0 Å². The van der Waals surface area contributed by atoms with Gasteiger partial charge in [0.05, 0.1) is 11.6 Å². The zero-order valence-electron chi connectivity index (χ0n) is 8.04. The molecule has 15 heavy (non-hydrogen) atoms. The maximum absolute atomic E-state index is 12.3. The van der Waals surface area contributed by atoms with E-state index in [-0.39, 0.29) is 11.0 Å². The summed E-state index contributed by atoms with van der Waals surface area (Å²) in [6, 6.07) is 0. The maximum atomic E-state index is 12.3. The topological polar surface area (TPSA) is 52.0 Å². The Balaban J connectivity index is 2.48. The molecule has 2 N–H and O–H groups in total. The van der Waals surface area contributed by atoms with Crippen LogP contribution in [-0.2, 0) is 0 Å². The van der Waals surface area contributed by atoms with E-state index in [2.05, 4.69) is 4.98 Å². The van der Waals surface area contributed by atoms with Crippen molar-refractivity contribution >= 4 is 11.8 Å². The monoisotopic (exact) mass is 240 g/mol. The normalized spacial score (nSPS) is 14.2. The van der Waals surface area contributed by atoms with E-state index in [0.717, 1.165) is 11.8 Å². The van der Waals surface area contributed by atoms with Gasteiger partial charge in [-0.15, -0.1) is 0 Å². The summed E-state index contributed by atoms with van der Waals surface area (Å²) < 4.78 is 41.8. The van der Waals surface area contributed by atoms with E-state index in [1.807, 2.05) is 0 Å². The van der Waals surface area contributed by atoms with E-state index in [1.54, 1.807) is 6.92 Å². The first-order chi connectivity index (χ1) is 6.93. The van der Waals surface area contributed by atoms with E-state index in [0.29, 0.717) is 5.69 Å². The van der Waals surface area contributed by atoms with Crippen LogP contribution in [0.15, 0.2) is 15.9 Å². The lowest BCUT2D eigenvalue weighted by Crippen LogP contribution is -2.32. The van der Waals surface area contributed by atoms with Crippen LogP contribution in [0.5, 0.6) is 0 Å². The van der Waals surface area contributed by atoms with Gasteiger partial charge in [0.1, 0.15) is 6.26 Å². The predicted octanol–water partition coefficient (Wildman–Crippen LogP) is 2.21. The number of oxazole rings is 1. The molecule has 3 nitrogen and oxygen atoms in total. The quantitative estimate of drug-likeness (QED) is 0.820. The molecule has 0 radical (unpaired) electrons. The van der Waals surface area contributed by atoms with Crippen LogP contribution in [0.2, 0.25) is 0 Å². The van der Waals surface area contributed by atoms with Crippen LogP contribution >= 0.6 is 11.8 Å². The fourth-order valence-electron chi connectivity index (χ4n) is 0.867. The Labute approximate surface area is 89.2 Å². The van der Waals surface area contributed by atoms with Gasteiger partial charge in [-0.05, 0) is 6.92 Å². The largest absolute Gasteiger partial charge is 0.440 e. The first-order valence-corrected chi connectivity index (χ1v) is 5.23. The minimum Gasteiger partial charge on any atom is -0.440 e. The molecule has 0 spiro atoms. The van der Waals surface area contributed by atoms with E-state index >= 15 is 0 Å². The van der Waals surface area contributed by atoms with Crippen LogP contribution in [-0.4, -0.2) is 23.5 Å². The summed E-state index contributed by atoms with van der Waals surface area (Å²) in [5.74, 6) is -1.69. The van der Waals surface area contributed by atoms with Crippen LogP contribution < -0.4 is 5.73 Å². The molecule has 1 atom stereocenters. The molecule has 1 heterocycles. The van der Waals surface area contributed by atoms with Gasteiger partial charge < -0.3 is 10.2 Å². The van der Waals surface area contributed by atoms with Crippen molar-refractivity contribution in [3.63, 3.8) is 0 Å². The second-order valence-corrected chi connectivity index (χ2v) is 4.01. The molecule has 0 bridgehead atoms. The number of halogens is 3. The number of rotatable bonds is 4. The van der Waals surface area contributed by atoms with Crippen molar-refractivity contribution in [1.82, 2.24) is 4.98 Å². The highest BCUT2D eigenvalue weighted by Gasteiger charge is 2.38. The second-order valence-electron chi connectivity index (χ2n) is 3.04. The Hall–Kier alpha value is -0.690. The Morgan fingerprint density at radius 2 is 2.27 bits per heavy atom. The third kappa shape index (κ3) is 3.75. The predicted molar refractivity (Wildman–Crippen MR) is 50.6 cm³/mol. The van der Waals surface area contributed by atoms with E-state index in [1.165, 1.54) is 6.26 Å². The van der Waals surface area contributed by atoms with Crippen molar-refractivity contribution in [2.45, 2.75) is 18.3 Å². The van der Waals surface area contributed by atoms with Gasteiger partial charge in [-0.1, -0.05) is 11.8 Å². The Morgan fingerprint density at radius 3 is 2.67 bits per heavy atom. The van der Waals surface area contributed by atoms with Crippen LogP contribution in [0.1, 0.15) is 5.69 Å². The van der Waals surface area contributed by atoms with Gasteiger partial charge >= 0.3 is 6.18 Å². The summed E-state index contributed by atoms with van der Waals surface area (Å²) in [5, 5.41) is 0.246. The molecule has 0 aliphatic heterocycles. The molecule has 86 valence electrons. The Bertz CT molecular complexity index is 313. The molecule has 1 aromatic rings. The summed E-state index contributed by atoms with van der Waals surface area (Å²) in [4.78, 5) is 3.89. The smallest absolute Gasteiger partial charge is 0.393 e. The highest BCUT2D eigenvalue weighted by molar-refractivity contribution is 7.99. The second kappa shape index (κ2) is 4.89. The average Bonchev–Trinajstić information content (AvgIpc) is 2.50. The summed E-state index contributed by atoms with van der Waals surface area (Å²) >= 11 is 0.923. The van der Waals surface area contributed by atoms with Crippen LogP contribution in [0.4, 0.5) is 13.2 Å². The van der Waals surface area contributed by atoms with Gasteiger partial charge in [-0.25, -0.2) is 4.98 Å². The number of aryl methyl sites for hydroxylation is 1. The first-order valence-electron chi connectivity index (χ1n) is 4.25. The standard InChI is InChI=1S/C8H11F3N2OS/c1-5-3-14-7(13-5)15-4-6(2-12)8(9,10)11/h3,6H,2,4,12H2,1H3. The highest BCUT2D eigenvalue weighted by Crippen LogP contribution is 2.30. The minimum atomic E-state index is -4.26. The molecule has 0 saturated carbocycles.